The molecule has 1 saturated heterocycles. The molecule has 0 unspecified atom stereocenters. The van der Waals surface area contributed by atoms with Gasteiger partial charge >= 0.3 is 0 Å². The van der Waals surface area contributed by atoms with Gasteiger partial charge in [-0.2, -0.15) is 0 Å². The second-order valence-electron chi connectivity index (χ2n) is 5.38. The van der Waals surface area contributed by atoms with Crippen LogP contribution in [0.3, 0.4) is 0 Å². The van der Waals surface area contributed by atoms with Gasteiger partial charge in [-0.3, -0.25) is 4.98 Å². The standard InChI is InChI=1S/C15H22N6/c1-2-20-12-18-19-15(20)11-17-13-5-9-21(10-6-13)14-3-7-16-8-4-14/h3-4,7-8,12-13,17H,2,5-6,9-11H2,1H3. The van der Waals surface area contributed by atoms with Crippen molar-refractivity contribution in [3.8, 4) is 0 Å². The van der Waals surface area contributed by atoms with Crippen LogP contribution in [0.15, 0.2) is 30.9 Å². The first-order chi connectivity index (χ1) is 10.4. The van der Waals surface area contributed by atoms with E-state index in [1.807, 2.05) is 12.4 Å². The van der Waals surface area contributed by atoms with Gasteiger partial charge in [0.2, 0.25) is 0 Å². The lowest BCUT2D eigenvalue weighted by atomic mass is 10.0. The van der Waals surface area contributed by atoms with Crippen molar-refractivity contribution in [2.75, 3.05) is 18.0 Å². The van der Waals surface area contributed by atoms with Gasteiger partial charge in [0.1, 0.15) is 12.2 Å². The Kier molecular flexibility index (Phi) is 4.45. The number of nitrogens with zero attached hydrogens (tertiary/aromatic N) is 5. The number of nitrogens with one attached hydrogen (secondary N) is 1. The minimum absolute atomic E-state index is 0.560. The molecular weight excluding hydrogens is 264 g/mol. The Morgan fingerprint density at radius 3 is 2.71 bits per heavy atom. The van der Waals surface area contributed by atoms with E-state index in [0.29, 0.717) is 6.04 Å². The van der Waals surface area contributed by atoms with E-state index in [9.17, 15) is 0 Å². The molecule has 0 saturated carbocycles. The van der Waals surface area contributed by atoms with E-state index in [0.717, 1.165) is 44.8 Å². The molecule has 1 aliphatic heterocycles. The molecule has 21 heavy (non-hydrogen) atoms. The molecule has 6 nitrogen and oxygen atoms in total. The number of rotatable bonds is 5. The molecule has 1 aliphatic rings. The van der Waals surface area contributed by atoms with Crippen molar-refractivity contribution in [3.05, 3.63) is 36.7 Å². The van der Waals surface area contributed by atoms with Gasteiger partial charge < -0.3 is 14.8 Å². The molecule has 0 atom stereocenters. The fraction of sp³-hybridized carbons (Fsp3) is 0.533. The highest BCUT2D eigenvalue weighted by atomic mass is 15.3. The topological polar surface area (TPSA) is 58.9 Å². The first kappa shape index (κ1) is 14.0. The van der Waals surface area contributed by atoms with Crippen LogP contribution in [0, 0.1) is 0 Å². The van der Waals surface area contributed by atoms with Crippen LogP contribution < -0.4 is 10.2 Å². The summed E-state index contributed by atoms with van der Waals surface area (Å²) in [6, 6.07) is 4.72. The normalized spacial score (nSPS) is 16.3. The summed E-state index contributed by atoms with van der Waals surface area (Å²) in [6.45, 7) is 6.00. The molecule has 2 aromatic rings. The summed E-state index contributed by atoms with van der Waals surface area (Å²) >= 11 is 0. The molecule has 6 heteroatoms. The number of pyridine rings is 1. The second kappa shape index (κ2) is 6.67. The lowest BCUT2D eigenvalue weighted by Gasteiger charge is -2.33. The third-order valence-corrected chi connectivity index (χ3v) is 4.11. The Morgan fingerprint density at radius 2 is 2.00 bits per heavy atom. The highest BCUT2D eigenvalue weighted by Gasteiger charge is 2.19. The van der Waals surface area contributed by atoms with Crippen molar-refractivity contribution in [1.29, 1.82) is 0 Å². The Labute approximate surface area is 125 Å². The minimum atomic E-state index is 0.560. The molecule has 1 fully saturated rings. The first-order valence-electron chi connectivity index (χ1n) is 7.62. The van der Waals surface area contributed by atoms with Crippen molar-refractivity contribution >= 4 is 5.69 Å². The van der Waals surface area contributed by atoms with Crippen molar-refractivity contribution in [2.24, 2.45) is 0 Å². The van der Waals surface area contributed by atoms with Gasteiger partial charge in [0.25, 0.3) is 0 Å². The fourth-order valence-electron chi connectivity index (χ4n) is 2.81. The van der Waals surface area contributed by atoms with E-state index >= 15 is 0 Å². The van der Waals surface area contributed by atoms with Crippen LogP contribution in [0.25, 0.3) is 0 Å². The lowest BCUT2D eigenvalue weighted by molar-refractivity contribution is 0.406. The number of anilines is 1. The largest absolute Gasteiger partial charge is 0.371 e. The van der Waals surface area contributed by atoms with E-state index in [1.165, 1.54) is 5.69 Å². The third-order valence-electron chi connectivity index (χ3n) is 4.11. The number of piperidine rings is 1. The van der Waals surface area contributed by atoms with Gasteiger partial charge in [-0.25, -0.2) is 0 Å². The fourth-order valence-corrected chi connectivity index (χ4v) is 2.81. The summed E-state index contributed by atoms with van der Waals surface area (Å²) in [5.74, 6) is 1.02. The monoisotopic (exact) mass is 286 g/mol. The van der Waals surface area contributed by atoms with E-state index in [1.54, 1.807) is 6.33 Å². The van der Waals surface area contributed by atoms with Crippen molar-refractivity contribution in [2.45, 2.75) is 38.9 Å². The van der Waals surface area contributed by atoms with Gasteiger partial charge in [0.05, 0.1) is 6.54 Å². The minimum Gasteiger partial charge on any atom is -0.371 e. The highest BCUT2D eigenvalue weighted by molar-refractivity contribution is 5.44. The molecule has 0 bridgehead atoms. The van der Waals surface area contributed by atoms with Crippen LogP contribution in [-0.4, -0.2) is 38.9 Å². The van der Waals surface area contributed by atoms with Crippen molar-refractivity contribution in [3.63, 3.8) is 0 Å². The van der Waals surface area contributed by atoms with Gasteiger partial charge in [0.15, 0.2) is 0 Å². The molecule has 2 aromatic heterocycles. The molecular formula is C15H22N6. The quantitative estimate of drug-likeness (QED) is 0.901. The Hall–Kier alpha value is -1.95. The predicted octanol–water partition coefficient (Wildman–Crippen LogP) is 1.45. The maximum atomic E-state index is 4.17. The predicted molar refractivity (Wildman–Crippen MR) is 82.0 cm³/mol. The number of aromatic nitrogens is 4. The van der Waals surface area contributed by atoms with Crippen LogP contribution >= 0.6 is 0 Å². The lowest BCUT2D eigenvalue weighted by Crippen LogP contribution is -2.42. The Morgan fingerprint density at radius 1 is 1.24 bits per heavy atom. The van der Waals surface area contributed by atoms with E-state index < -0.39 is 0 Å². The van der Waals surface area contributed by atoms with E-state index in [4.69, 9.17) is 0 Å². The molecule has 112 valence electrons. The molecule has 1 N–H and O–H groups in total. The Balaban J connectivity index is 1.48. The van der Waals surface area contributed by atoms with E-state index in [-0.39, 0.29) is 0 Å². The zero-order valence-corrected chi connectivity index (χ0v) is 12.4. The van der Waals surface area contributed by atoms with Crippen LogP contribution in [0.5, 0.6) is 0 Å². The van der Waals surface area contributed by atoms with Crippen molar-refractivity contribution < 1.29 is 0 Å². The maximum absolute atomic E-state index is 4.17. The van der Waals surface area contributed by atoms with Crippen LogP contribution in [0.2, 0.25) is 0 Å². The summed E-state index contributed by atoms with van der Waals surface area (Å²) in [4.78, 5) is 6.50. The summed E-state index contributed by atoms with van der Waals surface area (Å²) in [5, 5.41) is 11.7. The molecule has 3 rings (SSSR count). The summed E-state index contributed by atoms with van der Waals surface area (Å²) in [6.07, 6.45) is 7.82. The van der Waals surface area contributed by atoms with Gasteiger partial charge in [-0.1, -0.05) is 0 Å². The molecule has 0 aromatic carbocycles. The average Bonchev–Trinajstić information content (AvgIpc) is 3.02. The average molecular weight is 286 g/mol. The molecule has 0 spiro atoms. The maximum Gasteiger partial charge on any atom is 0.146 e. The zero-order chi connectivity index (χ0) is 14.5. The number of aryl methyl sites for hydroxylation is 1. The number of hydrogen-bond acceptors (Lipinski definition) is 5. The van der Waals surface area contributed by atoms with Gasteiger partial charge in [0, 0.05) is 43.8 Å². The van der Waals surface area contributed by atoms with E-state index in [2.05, 4.69) is 49.0 Å². The van der Waals surface area contributed by atoms with Crippen molar-refractivity contribution in [1.82, 2.24) is 25.1 Å². The summed E-state index contributed by atoms with van der Waals surface area (Å²) in [5.41, 5.74) is 1.27. The summed E-state index contributed by atoms with van der Waals surface area (Å²) < 4.78 is 2.08. The van der Waals surface area contributed by atoms with Crippen LogP contribution in [0.1, 0.15) is 25.6 Å². The molecule has 3 heterocycles. The molecule has 0 amide bonds. The van der Waals surface area contributed by atoms with Gasteiger partial charge in [-0.05, 0) is 31.9 Å². The van der Waals surface area contributed by atoms with Gasteiger partial charge in [-0.15, -0.1) is 10.2 Å². The third kappa shape index (κ3) is 3.39. The zero-order valence-electron chi connectivity index (χ0n) is 12.4. The molecule has 0 aliphatic carbocycles. The number of hydrogen-bond donors (Lipinski definition) is 1. The first-order valence-corrected chi connectivity index (χ1v) is 7.62. The summed E-state index contributed by atoms with van der Waals surface area (Å²) in [7, 11) is 0. The second-order valence-corrected chi connectivity index (χ2v) is 5.38. The van der Waals surface area contributed by atoms with Crippen LogP contribution in [-0.2, 0) is 13.1 Å². The SMILES string of the molecule is CCn1cnnc1CNC1CCN(c2ccncc2)CC1. The highest BCUT2D eigenvalue weighted by Crippen LogP contribution is 2.19. The van der Waals surface area contributed by atoms with Crippen LogP contribution in [0.4, 0.5) is 5.69 Å². The smallest absolute Gasteiger partial charge is 0.146 e. The Bertz CT molecular complexity index is 544. The molecule has 0 radical (unpaired) electrons.